The normalized spacial score (nSPS) is 10.7. The number of aromatic nitrogens is 1. The number of aryl methyl sites for hydroxylation is 2. The molecule has 0 radical (unpaired) electrons. The maximum Gasteiger partial charge on any atom is 0.350 e. The van der Waals surface area contributed by atoms with Crippen LogP contribution in [-0.4, -0.2) is 17.6 Å². The molecule has 0 bridgehead atoms. The Bertz CT molecular complexity index is 515. The molecule has 0 aliphatic rings. The van der Waals surface area contributed by atoms with Crippen molar-refractivity contribution in [3.05, 3.63) is 35.2 Å². The number of rotatable bonds is 4. The van der Waals surface area contributed by atoms with Gasteiger partial charge in [-0.2, -0.15) is 5.26 Å². The molecule has 1 aromatic rings. The van der Waals surface area contributed by atoms with Crippen molar-refractivity contribution < 1.29 is 9.53 Å². The SMILES string of the molecule is CCOC(=O)/C(C#N)=C/Nc1ncc(C)cc1C. The second-order valence-electron chi connectivity index (χ2n) is 3.71. The lowest BCUT2D eigenvalue weighted by Crippen LogP contribution is -2.08. The number of carbonyl (C=O) groups is 1. The van der Waals surface area contributed by atoms with Crippen LogP contribution in [0.25, 0.3) is 0 Å². The molecule has 1 rings (SSSR count). The molecule has 0 aromatic carbocycles. The van der Waals surface area contributed by atoms with Gasteiger partial charge in [-0.15, -0.1) is 0 Å². The van der Waals surface area contributed by atoms with E-state index >= 15 is 0 Å². The maximum absolute atomic E-state index is 11.4. The van der Waals surface area contributed by atoms with E-state index in [-0.39, 0.29) is 12.2 Å². The van der Waals surface area contributed by atoms with Crippen molar-refractivity contribution in [2.24, 2.45) is 0 Å². The summed E-state index contributed by atoms with van der Waals surface area (Å²) in [6, 6.07) is 3.74. The Morgan fingerprint density at radius 2 is 2.33 bits per heavy atom. The molecule has 0 aliphatic carbocycles. The van der Waals surface area contributed by atoms with Crippen molar-refractivity contribution in [3.63, 3.8) is 0 Å². The van der Waals surface area contributed by atoms with Gasteiger partial charge in [0.1, 0.15) is 11.9 Å². The monoisotopic (exact) mass is 245 g/mol. The Labute approximate surface area is 106 Å². The van der Waals surface area contributed by atoms with Crippen LogP contribution in [0.1, 0.15) is 18.1 Å². The second-order valence-corrected chi connectivity index (χ2v) is 3.71. The van der Waals surface area contributed by atoms with Crippen LogP contribution in [0.4, 0.5) is 5.82 Å². The lowest BCUT2D eigenvalue weighted by Gasteiger charge is -2.05. The molecule has 0 atom stereocenters. The van der Waals surface area contributed by atoms with Gasteiger partial charge in [0, 0.05) is 12.4 Å². The van der Waals surface area contributed by atoms with Crippen molar-refractivity contribution in [2.45, 2.75) is 20.8 Å². The molecule has 5 nitrogen and oxygen atoms in total. The Morgan fingerprint density at radius 3 is 2.89 bits per heavy atom. The van der Waals surface area contributed by atoms with Crippen molar-refractivity contribution in [3.8, 4) is 6.07 Å². The molecule has 5 heteroatoms. The quantitative estimate of drug-likeness (QED) is 0.499. The lowest BCUT2D eigenvalue weighted by molar-refractivity contribution is -0.138. The lowest BCUT2D eigenvalue weighted by atomic mass is 10.2. The molecular weight excluding hydrogens is 230 g/mol. The van der Waals surface area contributed by atoms with Gasteiger partial charge in [-0.05, 0) is 31.9 Å². The van der Waals surface area contributed by atoms with Crippen molar-refractivity contribution in [2.75, 3.05) is 11.9 Å². The molecule has 94 valence electrons. The van der Waals surface area contributed by atoms with Gasteiger partial charge in [-0.1, -0.05) is 6.07 Å². The Kier molecular flexibility index (Phi) is 4.88. The zero-order chi connectivity index (χ0) is 13.5. The molecular formula is C13H15N3O2. The summed E-state index contributed by atoms with van der Waals surface area (Å²) < 4.78 is 4.74. The molecule has 0 saturated heterocycles. The molecule has 0 saturated carbocycles. The molecule has 1 N–H and O–H groups in total. The fourth-order valence-electron chi connectivity index (χ4n) is 1.35. The zero-order valence-electron chi connectivity index (χ0n) is 10.7. The standard InChI is InChI=1S/C13H15N3O2/c1-4-18-13(17)11(6-14)8-16-12-10(3)5-9(2)7-15-12/h5,7-8H,4H2,1-3H3,(H,15,16)/b11-8+. The number of hydrogen-bond acceptors (Lipinski definition) is 5. The molecule has 18 heavy (non-hydrogen) atoms. The van der Waals surface area contributed by atoms with Crippen LogP contribution in [0.3, 0.4) is 0 Å². The molecule has 0 aliphatic heterocycles. The molecule has 1 heterocycles. The van der Waals surface area contributed by atoms with E-state index in [1.54, 1.807) is 19.2 Å². The number of carbonyl (C=O) groups excluding carboxylic acids is 1. The third kappa shape index (κ3) is 3.59. The number of nitrogens with zero attached hydrogens (tertiary/aromatic N) is 2. The van der Waals surface area contributed by atoms with Crippen LogP contribution in [0, 0.1) is 25.2 Å². The first-order valence-corrected chi connectivity index (χ1v) is 5.55. The second kappa shape index (κ2) is 6.40. The first-order valence-electron chi connectivity index (χ1n) is 5.55. The Balaban J connectivity index is 2.84. The predicted octanol–water partition coefficient (Wildman–Crippen LogP) is 2.08. The molecule has 0 spiro atoms. The van der Waals surface area contributed by atoms with Crippen LogP contribution in [0.2, 0.25) is 0 Å². The van der Waals surface area contributed by atoms with E-state index < -0.39 is 5.97 Å². The van der Waals surface area contributed by atoms with E-state index in [0.717, 1.165) is 11.1 Å². The zero-order valence-corrected chi connectivity index (χ0v) is 10.7. The number of hydrogen-bond donors (Lipinski definition) is 1. The van der Waals surface area contributed by atoms with Crippen molar-refractivity contribution in [1.82, 2.24) is 4.98 Å². The molecule has 1 aromatic heterocycles. The fraction of sp³-hybridized carbons (Fsp3) is 0.308. The number of ether oxygens (including phenoxy) is 1. The summed E-state index contributed by atoms with van der Waals surface area (Å²) in [4.78, 5) is 15.5. The van der Waals surface area contributed by atoms with E-state index in [4.69, 9.17) is 10.00 Å². The number of pyridine rings is 1. The molecule has 0 fully saturated rings. The summed E-state index contributed by atoms with van der Waals surface area (Å²) in [7, 11) is 0. The fourth-order valence-corrected chi connectivity index (χ4v) is 1.35. The highest BCUT2D eigenvalue weighted by molar-refractivity contribution is 5.93. The van der Waals surface area contributed by atoms with Crippen LogP contribution in [0.5, 0.6) is 0 Å². The van der Waals surface area contributed by atoms with E-state index in [1.807, 2.05) is 19.9 Å². The topological polar surface area (TPSA) is 75.0 Å². The highest BCUT2D eigenvalue weighted by Crippen LogP contribution is 2.12. The summed E-state index contributed by atoms with van der Waals surface area (Å²) in [5.41, 5.74) is 1.90. The third-order valence-corrected chi connectivity index (χ3v) is 2.18. The Hall–Kier alpha value is -2.35. The molecule has 0 amide bonds. The minimum absolute atomic E-state index is 0.0846. The van der Waals surface area contributed by atoms with E-state index in [1.165, 1.54) is 6.20 Å². The number of anilines is 1. The van der Waals surface area contributed by atoms with Gasteiger partial charge in [-0.25, -0.2) is 9.78 Å². The van der Waals surface area contributed by atoms with Gasteiger partial charge in [0.15, 0.2) is 5.57 Å². The van der Waals surface area contributed by atoms with E-state index in [9.17, 15) is 4.79 Å². The van der Waals surface area contributed by atoms with Crippen LogP contribution < -0.4 is 5.32 Å². The van der Waals surface area contributed by atoms with Crippen molar-refractivity contribution in [1.29, 1.82) is 5.26 Å². The average Bonchev–Trinajstić information content (AvgIpc) is 2.32. The maximum atomic E-state index is 11.4. The Morgan fingerprint density at radius 1 is 1.61 bits per heavy atom. The van der Waals surface area contributed by atoms with Gasteiger partial charge in [0.05, 0.1) is 6.61 Å². The average molecular weight is 245 g/mol. The minimum Gasteiger partial charge on any atom is -0.462 e. The smallest absolute Gasteiger partial charge is 0.350 e. The first-order chi connectivity index (χ1) is 8.58. The van der Waals surface area contributed by atoms with Gasteiger partial charge >= 0.3 is 5.97 Å². The summed E-state index contributed by atoms with van der Waals surface area (Å²) in [6.07, 6.45) is 3.02. The number of nitriles is 1. The third-order valence-electron chi connectivity index (χ3n) is 2.18. The van der Waals surface area contributed by atoms with E-state index in [0.29, 0.717) is 5.82 Å². The largest absolute Gasteiger partial charge is 0.462 e. The summed E-state index contributed by atoms with van der Waals surface area (Å²) in [5.74, 6) is -0.0325. The summed E-state index contributed by atoms with van der Waals surface area (Å²) in [6.45, 7) is 5.76. The van der Waals surface area contributed by atoms with Gasteiger partial charge in [0.25, 0.3) is 0 Å². The van der Waals surface area contributed by atoms with Crippen LogP contribution in [-0.2, 0) is 9.53 Å². The molecule has 0 unspecified atom stereocenters. The van der Waals surface area contributed by atoms with Crippen molar-refractivity contribution >= 4 is 11.8 Å². The van der Waals surface area contributed by atoms with Gasteiger partial charge in [0.2, 0.25) is 0 Å². The van der Waals surface area contributed by atoms with Crippen LogP contribution in [0.15, 0.2) is 24.0 Å². The number of nitrogens with one attached hydrogen (secondary N) is 1. The minimum atomic E-state index is -0.641. The predicted molar refractivity (Wildman–Crippen MR) is 67.7 cm³/mol. The highest BCUT2D eigenvalue weighted by atomic mass is 16.5. The number of esters is 1. The summed E-state index contributed by atoms with van der Waals surface area (Å²) in [5, 5.41) is 11.7. The van der Waals surface area contributed by atoms with Crippen LogP contribution >= 0.6 is 0 Å². The van der Waals surface area contributed by atoms with E-state index in [2.05, 4.69) is 10.3 Å². The summed E-state index contributed by atoms with van der Waals surface area (Å²) >= 11 is 0. The van der Waals surface area contributed by atoms with Gasteiger partial charge in [-0.3, -0.25) is 0 Å². The highest BCUT2D eigenvalue weighted by Gasteiger charge is 2.09. The first kappa shape index (κ1) is 13.7. The van der Waals surface area contributed by atoms with Gasteiger partial charge < -0.3 is 10.1 Å².